The van der Waals surface area contributed by atoms with E-state index in [2.05, 4.69) is 13.5 Å². The predicted molar refractivity (Wildman–Crippen MR) is 79.7 cm³/mol. The van der Waals surface area contributed by atoms with E-state index < -0.39 is 0 Å². The van der Waals surface area contributed by atoms with Crippen molar-refractivity contribution in [3.05, 3.63) is 12.7 Å². The second-order valence-corrected chi connectivity index (χ2v) is 5.15. The molecular weight excluding hydrogens is 222 g/mol. The summed E-state index contributed by atoms with van der Waals surface area (Å²) in [4.78, 5) is 13.0. The fraction of sp³-hybridized carbons (Fsp3) is 0.812. The molecular formula is C16H31NO. The number of hydrogen-bond donors (Lipinski definition) is 0. The molecule has 0 spiro atoms. The van der Waals surface area contributed by atoms with E-state index in [1.54, 1.807) is 4.90 Å². The molecule has 0 aromatic carbocycles. The van der Waals surface area contributed by atoms with Gasteiger partial charge in [0, 0.05) is 13.6 Å². The van der Waals surface area contributed by atoms with E-state index in [-0.39, 0.29) is 5.91 Å². The molecule has 106 valence electrons. The molecule has 1 amide bonds. The highest BCUT2D eigenvalue weighted by Gasteiger charge is 2.02. The van der Waals surface area contributed by atoms with E-state index in [0.717, 1.165) is 13.0 Å². The van der Waals surface area contributed by atoms with Gasteiger partial charge in [-0.2, -0.15) is 0 Å². The molecule has 0 saturated carbocycles. The third-order valence-corrected chi connectivity index (χ3v) is 3.40. The lowest BCUT2D eigenvalue weighted by Gasteiger charge is -2.14. The molecule has 0 fully saturated rings. The summed E-state index contributed by atoms with van der Waals surface area (Å²) in [5.74, 6) is 0.0333. The summed E-state index contributed by atoms with van der Waals surface area (Å²) in [6.45, 7) is 6.61. The van der Waals surface area contributed by atoms with E-state index >= 15 is 0 Å². The van der Waals surface area contributed by atoms with Crippen LogP contribution in [-0.2, 0) is 4.79 Å². The van der Waals surface area contributed by atoms with Gasteiger partial charge in [0.2, 0.25) is 5.91 Å². The molecule has 0 N–H and O–H groups in total. The molecule has 0 aromatic heterocycles. The van der Waals surface area contributed by atoms with Crippen molar-refractivity contribution < 1.29 is 4.79 Å². The van der Waals surface area contributed by atoms with E-state index in [1.165, 1.54) is 63.9 Å². The van der Waals surface area contributed by atoms with Gasteiger partial charge >= 0.3 is 0 Å². The highest BCUT2D eigenvalue weighted by Crippen LogP contribution is 2.10. The number of rotatable bonds is 12. The van der Waals surface area contributed by atoms with Crippen LogP contribution in [0, 0.1) is 0 Å². The van der Waals surface area contributed by atoms with Crippen LogP contribution in [0.1, 0.15) is 71.1 Å². The summed E-state index contributed by atoms with van der Waals surface area (Å²) in [6.07, 6.45) is 14.7. The number of amides is 1. The van der Waals surface area contributed by atoms with Gasteiger partial charge in [-0.3, -0.25) is 4.79 Å². The number of hydrogen-bond acceptors (Lipinski definition) is 1. The van der Waals surface area contributed by atoms with Crippen LogP contribution in [0.15, 0.2) is 12.7 Å². The van der Waals surface area contributed by atoms with E-state index in [0.29, 0.717) is 0 Å². The topological polar surface area (TPSA) is 20.3 Å². The summed E-state index contributed by atoms with van der Waals surface area (Å²) in [5.41, 5.74) is 0. The fourth-order valence-corrected chi connectivity index (χ4v) is 2.10. The van der Waals surface area contributed by atoms with Gasteiger partial charge in [-0.1, -0.05) is 71.3 Å². The molecule has 0 aliphatic carbocycles. The zero-order chi connectivity index (χ0) is 13.6. The lowest BCUT2D eigenvalue weighted by atomic mass is 10.1. The maximum atomic E-state index is 11.2. The summed E-state index contributed by atoms with van der Waals surface area (Å²) < 4.78 is 0. The zero-order valence-electron chi connectivity index (χ0n) is 12.4. The molecule has 0 saturated heterocycles. The Morgan fingerprint density at radius 3 is 1.83 bits per heavy atom. The maximum absolute atomic E-state index is 11.2. The Balaban J connectivity index is 3.16. The van der Waals surface area contributed by atoms with Crippen LogP contribution in [0.2, 0.25) is 0 Å². The minimum atomic E-state index is 0.0333. The minimum absolute atomic E-state index is 0.0333. The van der Waals surface area contributed by atoms with Gasteiger partial charge in [0.25, 0.3) is 0 Å². The Labute approximate surface area is 113 Å². The van der Waals surface area contributed by atoms with E-state index in [4.69, 9.17) is 0 Å². The predicted octanol–water partition coefficient (Wildman–Crippen LogP) is 4.55. The molecule has 0 heterocycles. The third kappa shape index (κ3) is 10.4. The van der Waals surface area contributed by atoms with Gasteiger partial charge in [-0.25, -0.2) is 0 Å². The van der Waals surface area contributed by atoms with Crippen molar-refractivity contribution in [3.8, 4) is 0 Å². The zero-order valence-corrected chi connectivity index (χ0v) is 12.4. The van der Waals surface area contributed by atoms with Crippen molar-refractivity contribution >= 4 is 5.91 Å². The maximum Gasteiger partial charge on any atom is 0.245 e. The SMILES string of the molecule is C=CC(=O)N(C)CCCCCCCCCCCC. The van der Waals surface area contributed by atoms with Crippen molar-refractivity contribution in [1.29, 1.82) is 0 Å². The summed E-state index contributed by atoms with van der Waals surface area (Å²) in [7, 11) is 1.84. The monoisotopic (exact) mass is 253 g/mol. The molecule has 2 nitrogen and oxygen atoms in total. The van der Waals surface area contributed by atoms with Crippen LogP contribution >= 0.6 is 0 Å². The standard InChI is InChI=1S/C16H31NO/c1-4-6-7-8-9-10-11-12-13-14-15-17(3)16(18)5-2/h5H,2,4,6-15H2,1,3H3. The van der Waals surface area contributed by atoms with Crippen LogP contribution in [0.5, 0.6) is 0 Å². The van der Waals surface area contributed by atoms with Crippen LogP contribution in [0.3, 0.4) is 0 Å². The van der Waals surface area contributed by atoms with Crippen LogP contribution in [-0.4, -0.2) is 24.4 Å². The molecule has 0 aliphatic rings. The first kappa shape index (κ1) is 17.2. The van der Waals surface area contributed by atoms with Gasteiger partial charge in [-0.15, -0.1) is 0 Å². The van der Waals surface area contributed by atoms with Crippen molar-refractivity contribution in [1.82, 2.24) is 4.90 Å². The van der Waals surface area contributed by atoms with Crippen molar-refractivity contribution in [2.45, 2.75) is 71.1 Å². The molecule has 0 radical (unpaired) electrons. The first-order valence-electron chi connectivity index (χ1n) is 7.60. The minimum Gasteiger partial charge on any atom is -0.342 e. The van der Waals surface area contributed by atoms with Crippen molar-refractivity contribution in [2.24, 2.45) is 0 Å². The second kappa shape index (κ2) is 12.7. The average Bonchev–Trinajstić information content (AvgIpc) is 2.39. The highest BCUT2D eigenvalue weighted by atomic mass is 16.2. The molecule has 0 unspecified atom stereocenters. The molecule has 0 atom stereocenters. The molecule has 18 heavy (non-hydrogen) atoms. The molecule has 0 rings (SSSR count). The van der Waals surface area contributed by atoms with E-state index in [9.17, 15) is 4.79 Å². The number of nitrogens with zero attached hydrogens (tertiary/aromatic N) is 1. The second-order valence-electron chi connectivity index (χ2n) is 5.15. The number of carbonyl (C=O) groups excluding carboxylic acids is 1. The molecule has 2 heteroatoms. The Hall–Kier alpha value is -0.790. The highest BCUT2D eigenvalue weighted by molar-refractivity contribution is 5.86. The fourth-order valence-electron chi connectivity index (χ4n) is 2.10. The quantitative estimate of drug-likeness (QED) is 0.369. The number of likely N-dealkylation sites (N-methyl/N-ethyl adjacent to an activating group) is 1. The summed E-state index contributed by atoms with van der Waals surface area (Å²) in [5, 5.41) is 0. The smallest absolute Gasteiger partial charge is 0.245 e. The van der Waals surface area contributed by atoms with Crippen molar-refractivity contribution in [3.63, 3.8) is 0 Å². The van der Waals surface area contributed by atoms with Gasteiger partial charge in [-0.05, 0) is 12.5 Å². The number of carbonyl (C=O) groups is 1. The van der Waals surface area contributed by atoms with Gasteiger partial charge in [0.05, 0.1) is 0 Å². The lowest BCUT2D eigenvalue weighted by molar-refractivity contribution is -0.124. The van der Waals surface area contributed by atoms with Crippen molar-refractivity contribution in [2.75, 3.05) is 13.6 Å². The summed E-state index contributed by atoms with van der Waals surface area (Å²) in [6, 6.07) is 0. The largest absolute Gasteiger partial charge is 0.342 e. The molecule has 0 bridgehead atoms. The van der Waals surface area contributed by atoms with Crippen LogP contribution < -0.4 is 0 Å². The van der Waals surface area contributed by atoms with Gasteiger partial charge < -0.3 is 4.90 Å². The average molecular weight is 253 g/mol. The van der Waals surface area contributed by atoms with Gasteiger partial charge in [0.15, 0.2) is 0 Å². The Bertz CT molecular complexity index is 213. The first-order valence-corrected chi connectivity index (χ1v) is 7.60. The Morgan fingerprint density at radius 2 is 1.39 bits per heavy atom. The Morgan fingerprint density at radius 1 is 0.944 bits per heavy atom. The lowest BCUT2D eigenvalue weighted by Crippen LogP contribution is -2.25. The third-order valence-electron chi connectivity index (χ3n) is 3.40. The van der Waals surface area contributed by atoms with Crippen LogP contribution in [0.4, 0.5) is 0 Å². The number of unbranched alkanes of at least 4 members (excludes halogenated alkanes) is 9. The van der Waals surface area contributed by atoms with Gasteiger partial charge in [0.1, 0.15) is 0 Å². The summed E-state index contributed by atoms with van der Waals surface area (Å²) >= 11 is 0. The van der Waals surface area contributed by atoms with E-state index in [1.807, 2.05) is 7.05 Å². The van der Waals surface area contributed by atoms with Crippen LogP contribution in [0.25, 0.3) is 0 Å². The first-order chi connectivity index (χ1) is 8.72. The Kier molecular flexibility index (Phi) is 12.1. The normalized spacial score (nSPS) is 10.3. The molecule has 0 aromatic rings. The molecule has 0 aliphatic heterocycles.